The zero-order chi connectivity index (χ0) is 19.8. The van der Waals surface area contributed by atoms with E-state index in [1.807, 2.05) is 0 Å². The van der Waals surface area contributed by atoms with Crippen LogP contribution >= 0.6 is 0 Å². The number of ketones is 1. The fraction of sp³-hybridized carbons (Fsp3) is 0.905. The van der Waals surface area contributed by atoms with E-state index < -0.39 is 35.6 Å². The Morgan fingerprint density at radius 1 is 1.00 bits per heavy atom. The summed E-state index contributed by atoms with van der Waals surface area (Å²) in [6.07, 6.45) is 1.84. The number of carbonyl (C=O) groups excluding carboxylic acids is 2. The van der Waals surface area contributed by atoms with E-state index in [-0.39, 0.29) is 29.3 Å². The number of alkyl halides is 3. The van der Waals surface area contributed by atoms with Crippen molar-refractivity contribution in [2.75, 3.05) is 0 Å². The second kappa shape index (κ2) is 5.96. The van der Waals surface area contributed by atoms with E-state index in [0.29, 0.717) is 12.3 Å². The van der Waals surface area contributed by atoms with E-state index >= 15 is 0 Å². The average molecular weight is 386 g/mol. The molecule has 0 aromatic carbocycles. The highest BCUT2D eigenvalue weighted by Crippen LogP contribution is 2.67. The third-order valence-electron chi connectivity index (χ3n) is 8.73. The minimum atomic E-state index is -3.57. The van der Waals surface area contributed by atoms with E-state index in [1.54, 1.807) is 6.92 Å². The van der Waals surface area contributed by atoms with Crippen molar-refractivity contribution in [2.45, 2.75) is 83.9 Å². The number of fused-ring (bicyclic) bond motifs is 5. The highest BCUT2D eigenvalue weighted by Gasteiger charge is 2.67. The van der Waals surface area contributed by atoms with Crippen LogP contribution in [0.2, 0.25) is 0 Å². The average Bonchev–Trinajstić information content (AvgIpc) is 2.88. The second-order valence-corrected chi connectivity index (χ2v) is 9.93. The van der Waals surface area contributed by atoms with Crippen molar-refractivity contribution in [3.8, 4) is 0 Å². The van der Waals surface area contributed by atoms with Crippen LogP contribution in [-0.4, -0.2) is 30.0 Å². The third-order valence-corrected chi connectivity index (χ3v) is 8.73. The smallest absolute Gasteiger partial charge is 0.308 e. The van der Waals surface area contributed by atoms with Gasteiger partial charge in [0.15, 0.2) is 6.17 Å². The maximum absolute atomic E-state index is 14.7. The molecule has 6 heteroatoms. The summed E-state index contributed by atoms with van der Waals surface area (Å²) in [4.78, 5) is 23.3. The number of carbonyl (C=O) groups is 2. The first-order chi connectivity index (χ1) is 12.5. The topological polar surface area (TPSA) is 43.4 Å². The van der Waals surface area contributed by atoms with Crippen LogP contribution in [0, 0.1) is 34.5 Å². The number of hydrogen-bond acceptors (Lipinski definition) is 3. The van der Waals surface area contributed by atoms with E-state index in [4.69, 9.17) is 4.74 Å². The molecule has 0 unspecified atom stereocenters. The zero-order valence-electron chi connectivity index (χ0n) is 16.3. The van der Waals surface area contributed by atoms with Gasteiger partial charge < -0.3 is 4.74 Å². The molecule has 27 heavy (non-hydrogen) atoms. The Balaban J connectivity index is 1.64. The molecule has 0 aromatic rings. The Hall–Kier alpha value is -1.07. The minimum Gasteiger partial charge on any atom is -0.462 e. The molecule has 0 aromatic heterocycles. The van der Waals surface area contributed by atoms with Gasteiger partial charge in [0, 0.05) is 24.7 Å². The molecular weight excluding hydrogens is 357 g/mol. The summed E-state index contributed by atoms with van der Waals surface area (Å²) >= 11 is 0. The van der Waals surface area contributed by atoms with Gasteiger partial charge in [-0.2, -0.15) is 8.78 Å². The van der Waals surface area contributed by atoms with Crippen LogP contribution in [0.5, 0.6) is 0 Å². The Morgan fingerprint density at radius 3 is 2.30 bits per heavy atom. The molecule has 0 heterocycles. The van der Waals surface area contributed by atoms with Gasteiger partial charge >= 0.3 is 11.9 Å². The molecule has 4 aliphatic carbocycles. The third kappa shape index (κ3) is 2.61. The van der Waals surface area contributed by atoms with Crippen molar-refractivity contribution in [1.82, 2.24) is 0 Å². The molecule has 4 rings (SSSR count). The number of rotatable bonds is 1. The van der Waals surface area contributed by atoms with Crippen LogP contribution in [0.25, 0.3) is 0 Å². The molecule has 0 N–H and O–H groups in total. The van der Waals surface area contributed by atoms with Crippen LogP contribution in [0.3, 0.4) is 0 Å². The highest BCUT2D eigenvalue weighted by atomic mass is 19.3. The summed E-state index contributed by atoms with van der Waals surface area (Å²) in [7, 11) is 0. The number of halogens is 3. The van der Waals surface area contributed by atoms with Gasteiger partial charge in [0.1, 0.15) is 6.10 Å². The lowest BCUT2D eigenvalue weighted by molar-refractivity contribution is -0.199. The first kappa shape index (κ1) is 19.3. The van der Waals surface area contributed by atoms with Crippen molar-refractivity contribution in [1.29, 1.82) is 0 Å². The minimum absolute atomic E-state index is 0.00243. The maximum atomic E-state index is 14.7. The van der Waals surface area contributed by atoms with Crippen LogP contribution in [-0.2, 0) is 14.3 Å². The van der Waals surface area contributed by atoms with E-state index in [2.05, 4.69) is 6.92 Å². The molecule has 152 valence electrons. The molecule has 4 fully saturated rings. The molecule has 0 spiro atoms. The molecule has 3 nitrogen and oxygen atoms in total. The fourth-order valence-corrected chi connectivity index (χ4v) is 7.52. The molecule has 0 bridgehead atoms. The zero-order valence-corrected chi connectivity index (χ0v) is 16.3. The Morgan fingerprint density at radius 2 is 1.63 bits per heavy atom. The molecule has 4 aliphatic rings. The van der Waals surface area contributed by atoms with Gasteiger partial charge in [-0.15, -0.1) is 0 Å². The van der Waals surface area contributed by atoms with Gasteiger partial charge in [0.25, 0.3) is 0 Å². The largest absolute Gasteiger partial charge is 0.462 e. The molecule has 0 amide bonds. The number of ether oxygens (including phenoxy) is 1. The number of Topliss-reactive ketones (excluding diaryl/α,β-unsaturated/α-hetero) is 1. The van der Waals surface area contributed by atoms with Gasteiger partial charge in [0.05, 0.1) is 0 Å². The lowest BCUT2D eigenvalue weighted by atomic mass is 9.44. The fourth-order valence-electron chi connectivity index (χ4n) is 7.52. The van der Waals surface area contributed by atoms with Gasteiger partial charge in [0.2, 0.25) is 5.78 Å². The summed E-state index contributed by atoms with van der Waals surface area (Å²) in [6, 6.07) is 0. The molecular formula is C21H29F3O3. The first-order valence-electron chi connectivity index (χ1n) is 10.2. The molecule has 0 radical (unpaired) electrons. The van der Waals surface area contributed by atoms with Crippen molar-refractivity contribution in [3.63, 3.8) is 0 Å². The van der Waals surface area contributed by atoms with Crippen molar-refractivity contribution in [2.24, 2.45) is 34.5 Å². The van der Waals surface area contributed by atoms with E-state index in [1.165, 1.54) is 6.92 Å². The van der Waals surface area contributed by atoms with Gasteiger partial charge in [-0.3, -0.25) is 9.59 Å². The molecule has 0 aliphatic heterocycles. The van der Waals surface area contributed by atoms with E-state index in [9.17, 15) is 22.8 Å². The summed E-state index contributed by atoms with van der Waals surface area (Å²) in [5.74, 6) is -5.40. The van der Waals surface area contributed by atoms with Gasteiger partial charge in [-0.05, 0) is 61.7 Å². The van der Waals surface area contributed by atoms with Crippen molar-refractivity contribution < 1.29 is 27.5 Å². The van der Waals surface area contributed by atoms with Gasteiger partial charge in [-0.1, -0.05) is 13.8 Å². The van der Waals surface area contributed by atoms with Crippen LogP contribution in [0.1, 0.15) is 65.7 Å². The predicted octanol–water partition coefficient (Wildman–Crippen LogP) is 4.72. The first-order valence-corrected chi connectivity index (χ1v) is 10.2. The standard InChI is InChI=1S/C21H29F3O3/c1-11(25)27-16-7-6-13-12-4-5-15-17(22)18(26)21(23,24)10-20(15,3)14(12)8-9-19(13,16)2/h12-17H,4-10H2,1-3H3/t12-,13-,14-,15+,16+,17+,19-,20+/m0/s1. The SMILES string of the molecule is CC(=O)O[C@@H]1CC[C@H]2[C@@H]3CC[C@@H]4[C@@H](F)C(=O)C(F)(F)C[C@]4(C)[C@H]3CC[C@]12C. The van der Waals surface area contributed by atoms with Crippen molar-refractivity contribution in [3.05, 3.63) is 0 Å². The summed E-state index contributed by atoms with van der Waals surface area (Å²) in [5, 5.41) is 0. The lowest BCUT2D eigenvalue weighted by Gasteiger charge is -2.61. The summed E-state index contributed by atoms with van der Waals surface area (Å²) in [6.45, 7) is 5.39. The lowest BCUT2D eigenvalue weighted by Crippen LogP contribution is -2.61. The summed E-state index contributed by atoms with van der Waals surface area (Å²) in [5.41, 5.74) is -0.973. The van der Waals surface area contributed by atoms with E-state index in [0.717, 1.165) is 32.1 Å². The highest BCUT2D eigenvalue weighted by molar-refractivity contribution is 5.91. The second-order valence-electron chi connectivity index (χ2n) is 9.93. The van der Waals surface area contributed by atoms with Crippen molar-refractivity contribution >= 4 is 11.8 Å². The Kier molecular flexibility index (Phi) is 4.25. The van der Waals surface area contributed by atoms with Crippen LogP contribution in [0.4, 0.5) is 13.2 Å². The summed E-state index contributed by atoms with van der Waals surface area (Å²) < 4.78 is 48.9. The maximum Gasteiger partial charge on any atom is 0.308 e. The van der Waals surface area contributed by atoms with Crippen LogP contribution in [0.15, 0.2) is 0 Å². The molecule has 4 saturated carbocycles. The number of esters is 1. The van der Waals surface area contributed by atoms with Gasteiger partial charge in [-0.25, -0.2) is 4.39 Å². The predicted molar refractivity (Wildman–Crippen MR) is 92.9 cm³/mol. The monoisotopic (exact) mass is 386 g/mol. The molecule has 8 atom stereocenters. The Bertz CT molecular complexity index is 665. The van der Waals surface area contributed by atoms with Crippen LogP contribution < -0.4 is 0 Å². The Labute approximate surface area is 158 Å². The normalized spacial score (nSPS) is 51.1. The molecule has 0 saturated heterocycles. The number of hydrogen-bond donors (Lipinski definition) is 0. The quantitative estimate of drug-likeness (QED) is 0.612.